The minimum Gasteiger partial charge on any atom is -0.367 e. The number of rotatable bonds is 7. The lowest BCUT2D eigenvalue weighted by Gasteiger charge is -2.17. The second kappa shape index (κ2) is 6.33. The van der Waals surface area contributed by atoms with E-state index in [1.54, 1.807) is 6.07 Å². The van der Waals surface area contributed by atoms with E-state index in [2.05, 4.69) is 34.3 Å². The fourth-order valence-corrected chi connectivity index (χ4v) is 2.13. The van der Waals surface area contributed by atoms with Gasteiger partial charge in [0.05, 0.1) is 10.4 Å². The molecule has 0 spiro atoms. The van der Waals surface area contributed by atoms with E-state index in [1.807, 2.05) is 0 Å². The highest BCUT2D eigenvalue weighted by atomic mass is 16.6. The van der Waals surface area contributed by atoms with Crippen molar-refractivity contribution in [2.45, 2.75) is 13.8 Å². The number of H-pyrrole nitrogens is 1. The second-order valence-electron chi connectivity index (χ2n) is 4.51. The summed E-state index contributed by atoms with van der Waals surface area (Å²) in [6.45, 7) is 8.03. The second-order valence-corrected chi connectivity index (χ2v) is 4.51. The van der Waals surface area contributed by atoms with Crippen molar-refractivity contribution in [3.8, 4) is 0 Å². The Morgan fingerprint density at radius 2 is 2.15 bits per heavy atom. The van der Waals surface area contributed by atoms with Crippen molar-refractivity contribution in [2.24, 2.45) is 0 Å². The molecule has 108 valence electrons. The van der Waals surface area contributed by atoms with Crippen molar-refractivity contribution < 1.29 is 4.92 Å². The number of nitro benzene ring substituents is 1. The van der Waals surface area contributed by atoms with E-state index in [4.69, 9.17) is 0 Å². The predicted molar refractivity (Wildman–Crippen MR) is 79.0 cm³/mol. The van der Waals surface area contributed by atoms with Gasteiger partial charge in [-0.15, -0.1) is 0 Å². The van der Waals surface area contributed by atoms with Crippen LogP contribution in [-0.4, -0.2) is 46.2 Å². The smallest absolute Gasteiger partial charge is 0.271 e. The van der Waals surface area contributed by atoms with Crippen molar-refractivity contribution in [2.75, 3.05) is 31.5 Å². The van der Waals surface area contributed by atoms with Gasteiger partial charge in [0.25, 0.3) is 5.69 Å². The number of aromatic nitrogens is 2. The standard InChI is InChI=1S/C13H19N5O2/c1-3-17(4-2)8-7-14-13-11-6-5-10(18(19)20)9-12(11)15-16-13/h5-6,9H,3-4,7-8H2,1-2H3,(H2,14,15,16). The summed E-state index contributed by atoms with van der Waals surface area (Å²) in [5.41, 5.74) is 0.736. The number of anilines is 1. The van der Waals surface area contributed by atoms with E-state index in [1.165, 1.54) is 12.1 Å². The number of likely N-dealkylation sites (N-methyl/N-ethyl adjacent to an activating group) is 1. The van der Waals surface area contributed by atoms with Gasteiger partial charge >= 0.3 is 0 Å². The first kappa shape index (κ1) is 14.3. The molecule has 1 aromatic carbocycles. The first-order valence-electron chi connectivity index (χ1n) is 6.74. The van der Waals surface area contributed by atoms with Crippen LogP contribution >= 0.6 is 0 Å². The molecule has 2 rings (SSSR count). The Morgan fingerprint density at radius 3 is 2.80 bits per heavy atom. The van der Waals surface area contributed by atoms with Gasteiger partial charge in [-0.05, 0) is 19.2 Å². The number of nitro groups is 1. The van der Waals surface area contributed by atoms with Gasteiger partial charge in [0.2, 0.25) is 0 Å². The Labute approximate surface area is 117 Å². The van der Waals surface area contributed by atoms with E-state index in [-0.39, 0.29) is 5.69 Å². The van der Waals surface area contributed by atoms with Crippen molar-refractivity contribution in [1.29, 1.82) is 0 Å². The molecule has 0 amide bonds. The Balaban J connectivity index is 2.06. The third-order valence-corrected chi connectivity index (χ3v) is 3.37. The molecule has 20 heavy (non-hydrogen) atoms. The van der Waals surface area contributed by atoms with Gasteiger partial charge in [0, 0.05) is 30.6 Å². The van der Waals surface area contributed by atoms with Crippen LogP contribution in [0.3, 0.4) is 0 Å². The summed E-state index contributed by atoms with van der Waals surface area (Å²) < 4.78 is 0. The Morgan fingerprint density at radius 1 is 1.40 bits per heavy atom. The molecule has 0 saturated heterocycles. The van der Waals surface area contributed by atoms with Crippen molar-refractivity contribution in [1.82, 2.24) is 15.1 Å². The lowest BCUT2D eigenvalue weighted by atomic mass is 10.2. The molecular weight excluding hydrogens is 258 g/mol. The SMILES string of the molecule is CCN(CC)CCNc1n[nH]c2cc([N+](=O)[O-])ccc12. The van der Waals surface area contributed by atoms with Gasteiger partial charge in [-0.2, -0.15) is 5.10 Å². The largest absolute Gasteiger partial charge is 0.367 e. The lowest BCUT2D eigenvalue weighted by Crippen LogP contribution is -2.28. The number of hydrogen-bond acceptors (Lipinski definition) is 5. The summed E-state index contributed by atoms with van der Waals surface area (Å²) in [4.78, 5) is 12.6. The van der Waals surface area contributed by atoms with E-state index in [0.717, 1.165) is 37.4 Å². The van der Waals surface area contributed by atoms with Gasteiger partial charge < -0.3 is 10.2 Å². The Hall–Kier alpha value is -2.15. The number of benzene rings is 1. The third kappa shape index (κ3) is 3.05. The zero-order chi connectivity index (χ0) is 14.5. The highest BCUT2D eigenvalue weighted by Gasteiger charge is 2.11. The number of hydrogen-bond donors (Lipinski definition) is 2. The van der Waals surface area contributed by atoms with Crippen LogP contribution in [0.15, 0.2) is 18.2 Å². The predicted octanol–water partition coefficient (Wildman–Crippen LogP) is 2.22. The van der Waals surface area contributed by atoms with Crippen molar-refractivity contribution in [3.05, 3.63) is 28.3 Å². The minimum absolute atomic E-state index is 0.0656. The molecule has 0 saturated carbocycles. The number of non-ortho nitro benzene ring substituents is 1. The zero-order valence-electron chi connectivity index (χ0n) is 11.7. The number of fused-ring (bicyclic) bond motifs is 1. The zero-order valence-corrected chi connectivity index (χ0v) is 11.7. The van der Waals surface area contributed by atoms with Crippen LogP contribution in [0.2, 0.25) is 0 Å². The molecule has 0 bridgehead atoms. The number of nitrogens with zero attached hydrogens (tertiary/aromatic N) is 3. The molecule has 0 fully saturated rings. The number of aromatic amines is 1. The Bertz CT molecular complexity index is 591. The molecule has 2 N–H and O–H groups in total. The summed E-state index contributed by atoms with van der Waals surface area (Å²) in [6.07, 6.45) is 0. The van der Waals surface area contributed by atoms with Crippen molar-refractivity contribution in [3.63, 3.8) is 0 Å². The summed E-state index contributed by atoms with van der Waals surface area (Å²) in [6, 6.07) is 4.71. The monoisotopic (exact) mass is 277 g/mol. The van der Waals surface area contributed by atoms with E-state index in [9.17, 15) is 10.1 Å². The molecule has 0 aliphatic rings. The van der Waals surface area contributed by atoms with E-state index < -0.39 is 4.92 Å². The summed E-state index contributed by atoms with van der Waals surface area (Å²) in [7, 11) is 0. The minimum atomic E-state index is -0.409. The summed E-state index contributed by atoms with van der Waals surface area (Å²) in [5, 5.41) is 21.8. The topological polar surface area (TPSA) is 87.1 Å². The molecule has 7 nitrogen and oxygen atoms in total. The molecule has 0 radical (unpaired) electrons. The average molecular weight is 277 g/mol. The molecule has 1 heterocycles. The molecule has 0 unspecified atom stereocenters. The molecule has 0 atom stereocenters. The summed E-state index contributed by atoms with van der Waals surface area (Å²) in [5.74, 6) is 0.738. The fraction of sp³-hybridized carbons (Fsp3) is 0.462. The van der Waals surface area contributed by atoms with Crippen molar-refractivity contribution >= 4 is 22.4 Å². The highest BCUT2D eigenvalue weighted by molar-refractivity contribution is 5.91. The van der Waals surface area contributed by atoms with E-state index >= 15 is 0 Å². The molecule has 1 aromatic heterocycles. The Kier molecular flexibility index (Phi) is 4.52. The van der Waals surface area contributed by atoms with Crippen LogP contribution in [-0.2, 0) is 0 Å². The van der Waals surface area contributed by atoms with Crippen LogP contribution < -0.4 is 5.32 Å². The highest BCUT2D eigenvalue weighted by Crippen LogP contribution is 2.24. The van der Waals surface area contributed by atoms with Gasteiger partial charge in [0.15, 0.2) is 5.82 Å². The van der Waals surface area contributed by atoms with Gasteiger partial charge in [0.1, 0.15) is 0 Å². The first-order chi connectivity index (χ1) is 9.65. The molecule has 0 aliphatic carbocycles. The normalized spacial score (nSPS) is 11.2. The average Bonchev–Trinajstić information content (AvgIpc) is 2.86. The van der Waals surface area contributed by atoms with Crippen LogP contribution in [0, 0.1) is 10.1 Å². The van der Waals surface area contributed by atoms with Crippen LogP contribution in [0.1, 0.15) is 13.8 Å². The third-order valence-electron chi connectivity index (χ3n) is 3.37. The molecule has 2 aromatic rings. The molecular formula is C13H19N5O2. The quantitative estimate of drug-likeness (QED) is 0.598. The van der Waals surface area contributed by atoms with Gasteiger partial charge in [-0.3, -0.25) is 15.2 Å². The maximum Gasteiger partial charge on any atom is 0.271 e. The van der Waals surface area contributed by atoms with Crippen LogP contribution in [0.5, 0.6) is 0 Å². The summed E-state index contributed by atoms with van der Waals surface area (Å²) >= 11 is 0. The van der Waals surface area contributed by atoms with Crippen LogP contribution in [0.4, 0.5) is 11.5 Å². The maximum absolute atomic E-state index is 10.7. The van der Waals surface area contributed by atoms with Crippen LogP contribution in [0.25, 0.3) is 10.9 Å². The lowest BCUT2D eigenvalue weighted by molar-refractivity contribution is -0.384. The van der Waals surface area contributed by atoms with Gasteiger partial charge in [-0.1, -0.05) is 13.8 Å². The maximum atomic E-state index is 10.7. The van der Waals surface area contributed by atoms with E-state index in [0.29, 0.717) is 5.52 Å². The molecule has 0 aliphatic heterocycles. The fourth-order valence-electron chi connectivity index (χ4n) is 2.13. The molecule has 7 heteroatoms. The first-order valence-corrected chi connectivity index (χ1v) is 6.74. The van der Waals surface area contributed by atoms with Gasteiger partial charge in [-0.25, -0.2) is 0 Å². The number of nitrogens with one attached hydrogen (secondary N) is 2.